The summed E-state index contributed by atoms with van der Waals surface area (Å²) < 4.78 is 37.1. The molecule has 1 aliphatic heterocycles. The smallest absolute Gasteiger partial charge is 0.335 e. The molecule has 0 aliphatic carbocycles. The number of aliphatic hydroxyl groups excluding tert-OH is 3. The number of hydrogen-bond donors (Lipinski definition) is 5. The SMILES string of the molecule is [N-]=[N+]=NCCCC(=O)Nc1ccc(OC2OC(C(=O)O)C(O)C(O)C2O)c(C(F)F)c1. The monoisotopic (exact) mass is 446 g/mol. The van der Waals surface area contributed by atoms with Crippen LogP contribution in [-0.4, -0.2) is 69.6 Å². The summed E-state index contributed by atoms with van der Waals surface area (Å²) >= 11 is 0. The number of carbonyl (C=O) groups excluding carboxylic acids is 1. The summed E-state index contributed by atoms with van der Waals surface area (Å²) in [5.41, 5.74) is 7.49. The summed E-state index contributed by atoms with van der Waals surface area (Å²) in [6, 6.07) is 3.18. The molecule has 2 rings (SSSR count). The first-order chi connectivity index (χ1) is 14.6. The number of azide groups is 1. The zero-order valence-electron chi connectivity index (χ0n) is 15.8. The Hall–Kier alpha value is -3.03. The fraction of sp³-hybridized carbons (Fsp3) is 0.529. The average molecular weight is 446 g/mol. The van der Waals surface area contributed by atoms with E-state index < -0.39 is 60.3 Å². The zero-order valence-corrected chi connectivity index (χ0v) is 15.8. The van der Waals surface area contributed by atoms with E-state index in [0.29, 0.717) is 0 Å². The third-order valence-corrected chi connectivity index (χ3v) is 4.31. The number of halogens is 2. The number of nitrogens with one attached hydrogen (secondary N) is 1. The van der Waals surface area contributed by atoms with E-state index in [0.717, 1.165) is 12.1 Å². The van der Waals surface area contributed by atoms with Crippen LogP contribution < -0.4 is 10.1 Å². The third-order valence-electron chi connectivity index (χ3n) is 4.31. The van der Waals surface area contributed by atoms with Crippen molar-refractivity contribution in [1.29, 1.82) is 0 Å². The van der Waals surface area contributed by atoms with Gasteiger partial charge in [0.25, 0.3) is 6.43 Å². The van der Waals surface area contributed by atoms with Crippen molar-refractivity contribution in [3.63, 3.8) is 0 Å². The molecule has 31 heavy (non-hydrogen) atoms. The molecule has 14 heteroatoms. The number of carboxylic acid groups (broad SMARTS) is 1. The van der Waals surface area contributed by atoms with Crippen LogP contribution in [0.25, 0.3) is 10.4 Å². The lowest BCUT2D eigenvalue weighted by molar-refractivity contribution is -0.271. The van der Waals surface area contributed by atoms with Crippen LogP contribution in [0.2, 0.25) is 0 Å². The number of amides is 1. The first-order valence-electron chi connectivity index (χ1n) is 8.97. The molecule has 1 amide bonds. The first kappa shape index (κ1) is 24.2. The fourth-order valence-electron chi connectivity index (χ4n) is 2.76. The molecule has 1 aromatic rings. The lowest BCUT2D eigenvalue weighted by Crippen LogP contribution is -2.61. The lowest BCUT2D eigenvalue weighted by atomic mass is 9.99. The largest absolute Gasteiger partial charge is 0.479 e. The molecule has 1 aliphatic rings. The van der Waals surface area contributed by atoms with Gasteiger partial charge in [0.05, 0.1) is 5.56 Å². The van der Waals surface area contributed by atoms with Gasteiger partial charge in [-0.05, 0) is 30.2 Å². The van der Waals surface area contributed by atoms with Gasteiger partial charge >= 0.3 is 5.97 Å². The molecule has 1 saturated heterocycles. The quantitative estimate of drug-likeness (QED) is 0.160. The number of hydrogen-bond acceptors (Lipinski definition) is 8. The van der Waals surface area contributed by atoms with Gasteiger partial charge in [-0.15, -0.1) is 0 Å². The molecule has 5 N–H and O–H groups in total. The van der Waals surface area contributed by atoms with Crippen molar-refractivity contribution in [3.05, 3.63) is 34.2 Å². The minimum atomic E-state index is -3.08. The van der Waals surface area contributed by atoms with Crippen molar-refractivity contribution in [2.45, 2.75) is 50.0 Å². The summed E-state index contributed by atoms with van der Waals surface area (Å²) in [6.45, 7) is 0.0978. The lowest BCUT2D eigenvalue weighted by Gasteiger charge is -2.38. The maximum atomic E-state index is 13.5. The minimum Gasteiger partial charge on any atom is -0.479 e. The van der Waals surface area contributed by atoms with Crippen molar-refractivity contribution < 1.29 is 48.3 Å². The van der Waals surface area contributed by atoms with Crippen LogP contribution in [-0.2, 0) is 14.3 Å². The molecule has 0 spiro atoms. The normalized spacial score (nSPS) is 25.5. The summed E-state index contributed by atoms with van der Waals surface area (Å²) in [4.78, 5) is 25.5. The highest BCUT2D eigenvalue weighted by atomic mass is 19.3. The van der Waals surface area contributed by atoms with Gasteiger partial charge < -0.3 is 35.2 Å². The van der Waals surface area contributed by atoms with Crippen molar-refractivity contribution in [1.82, 2.24) is 0 Å². The molecule has 170 valence electrons. The first-order valence-corrected chi connectivity index (χ1v) is 8.97. The number of carboxylic acids is 1. The second-order valence-electron chi connectivity index (χ2n) is 6.51. The van der Waals surface area contributed by atoms with E-state index in [1.165, 1.54) is 6.07 Å². The zero-order chi connectivity index (χ0) is 23.1. The van der Waals surface area contributed by atoms with E-state index >= 15 is 0 Å². The summed E-state index contributed by atoms with van der Waals surface area (Å²) in [7, 11) is 0. The molecule has 1 heterocycles. The molecule has 5 atom stereocenters. The number of aliphatic carboxylic acids is 1. The van der Waals surface area contributed by atoms with E-state index in [9.17, 15) is 33.7 Å². The van der Waals surface area contributed by atoms with Crippen molar-refractivity contribution in [2.75, 3.05) is 11.9 Å². The summed E-state index contributed by atoms with van der Waals surface area (Å²) in [5, 5.41) is 44.1. The molecular weight excluding hydrogens is 426 g/mol. The molecule has 0 radical (unpaired) electrons. The number of aliphatic hydroxyl groups is 3. The maximum Gasteiger partial charge on any atom is 0.335 e. The third kappa shape index (κ3) is 6.23. The second kappa shape index (κ2) is 10.8. The number of rotatable bonds is 9. The molecule has 0 saturated carbocycles. The van der Waals surface area contributed by atoms with Crippen molar-refractivity contribution in [3.8, 4) is 5.75 Å². The number of carbonyl (C=O) groups is 2. The number of anilines is 1. The molecule has 1 aromatic carbocycles. The Morgan fingerprint density at radius 3 is 2.58 bits per heavy atom. The average Bonchev–Trinajstić information content (AvgIpc) is 2.72. The van der Waals surface area contributed by atoms with Crippen LogP contribution in [0.1, 0.15) is 24.8 Å². The second-order valence-corrected chi connectivity index (χ2v) is 6.51. The Balaban J connectivity index is 2.14. The van der Waals surface area contributed by atoms with Gasteiger partial charge in [-0.1, -0.05) is 5.11 Å². The van der Waals surface area contributed by atoms with E-state index in [2.05, 4.69) is 15.3 Å². The van der Waals surface area contributed by atoms with Crippen LogP contribution in [0.4, 0.5) is 14.5 Å². The Labute approximate surface area is 173 Å². The number of alkyl halides is 2. The van der Waals surface area contributed by atoms with Gasteiger partial charge in [-0.3, -0.25) is 4.79 Å². The molecule has 1 fully saturated rings. The Kier molecular flexibility index (Phi) is 8.47. The Morgan fingerprint density at radius 1 is 1.26 bits per heavy atom. The summed E-state index contributed by atoms with van der Waals surface area (Å²) in [6.07, 6.45) is -12.5. The molecule has 0 bridgehead atoms. The molecular formula is C17H20F2N4O8. The van der Waals surface area contributed by atoms with Crippen molar-refractivity contribution >= 4 is 17.6 Å². The maximum absolute atomic E-state index is 13.5. The predicted octanol–water partition coefficient (Wildman–Crippen LogP) is 0.924. The minimum absolute atomic E-state index is 0.0137. The van der Waals surface area contributed by atoms with Gasteiger partial charge in [0.2, 0.25) is 12.2 Å². The van der Waals surface area contributed by atoms with Gasteiger partial charge in [0.1, 0.15) is 24.1 Å². The van der Waals surface area contributed by atoms with Crippen LogP contribution in [0.5, 0.6) is 5.75 Å². The van der Waals surface area contributed by atoms with Crippen LogP contribution in [0.3, 0.4) is 0 Å². The fourth-order valence-corrected chi connectivity index (χ4v) is 2.76. The van der Waals surface area contributed by atoms with E-state index in [-0.39, 0.29) is 25.1 Å². The number of nitrogens with zero attached hydrogens (tertiary/aromatic N) is 3. The molecule has 12 nitrogen and oxygen atoms in total. The molecule has 5 unspecified atom stereocenters. The highest BCUT2D eigenvalue weighted by Crippen LogP contribution is 2.34. The Morgan fingerprint density at radius 2 is 1.97 bits per heavy atom. The van der Waals surface area contributed by atoms with Crippen LogP contribution in [0.15, 0.2) is 23.3 Å². The van der Waals surface area contributed by atoms with Crippen LogP contribution in [0, 0.1) is 0 Å². The number of benzene rings is 1. The van der Waals surface area contributed by atoms with Crippen LogP contribution >= 0.6 is 0 Å². The van der Waals surface area contributed by atoms with E-state index in [1.807, 2.05) is 0 Å². The standard InChI is InChI=1S/C17H20F2N4O8/c18-15(19)8-6-7(22-10(24)2-1-5-21-23-20)3-4-9(8)30-17-13(27)11(25)12(26)14(31-17)16(28)29/h3-4,6,11-15,17,25-27H,1-2,5H2,(H,22,24)(H,28,29). The van der Waals surface area contributed by atoms with Gasteiger partial charge in [-0.25, -0.2) is 13.6 Å². The Bertz CT molecular complexity index is 851. The highest BCUT2D eigenvalue weighted by Gasteiger charge is 2.48. The van der Waals surface area contributed by atoms with Gasteiger partial charge in [0.15, 0.2) is 6.10 Å². The highest BCUT2D eigenvalue weighted by molar-refractivity contribution is 5.90. The van der Waals surface area contributed by atoms with E-state index in [1.54, 1.807) is 0 Å². The summed E-state index contributed by atoms with van der Waals surface area (Å²) in [5.74, 6) is -2.65. The number of ether oxygens (including phenoxy) is 2. The topological polar surface area (TPSA) is 194 Å². The van der Waals surface area contributed by atoms with E-state index in [4.69, 9.17) is 20.1 Å². The van der Waals surface area contributed by atoms with Gasteiger partial charge in [-0.2, -0.15) is 0 Å². The predicted molar refractivity (Wildman–Crippen MR) is 98.2 cm³/mol. The van der Waals surface area contributed by atoms with Crippen molar-refractivity contribution in [2.24, 2.45) is 5.11 Å². The molecule has 0 aromatic heterocycles. The van der Waals surface area contributed by atoms with Gasteiger partial charge in [0, 0.05) is 23.6 Å².